The summed E-state index contributed by atoms with van der Waals surface area (Å²) >= 11 is 2.84. The number of aromatic nitrogens is 2. The Hall–Kier alpha value is -2.89. The first-order valence-electron chi connectivity index (χ1n) is 9.13. The highest BCUT2D eigenvalue weighted by atomic mass is 32.2. The molecular formula is C21H18N4O2S2. The molecule has 0 unspecified atom stereocenters. The zero-order chi connectivity index (χ0) is 20.2. The number of anilines is 1. The van der Waals surface area contributed by atoms with Crippen LogP contribution in [0.4, 0.5) is 5.00 Å². The van der Waals surface area contributed by atoms with Crippen LogP contribution in [-0.2, 0) is 17.6 Å². The van der Waals surface area contributed by atoms with Crippen molar-refractivity contribution in [3.63, 3.8) is 0 Å². The molecule has 8 heteroatoms. The van der Waals surface area contributed by atoms with Crippen molar-refractivity contribution in [2.75, 3.05) is 18.2 Å². The van der Waals surface area contributed by atoms with Crippen LogP contribution in [0.1, 0.15) is 22.4 Å². The van der Waals surface area contributed by atoms with E-state index in [-0.39, 0.29) is 11.7 Å². The first-order chi connectivity index (χ1) is 14.2. The van der Waals surface area contributed by atoms with E-state index >= 15 is 0 Å². The lowest BCUT2D eigenvalue weighted by molar-refractivity contribution is -0.113. The molecule has 3 aromatic rings. The average Bonchev–Trinajstić information content (AvgIpc) is 3.33. The predicted octanol–water partition coefficient (Wildman–Crippen LogP) is 4.30. The minimum atomic E-state index is -0.146. The molecule has 1 aliphatic carbocycles. The van der Waals surface area contributed by atoms with E-state index < -0.39 is 0 Å². The molecule has 1 aromatic carbocycles. The topological polar surface area (TPSA) is 87.9 Å². The third kappa shape index (κ3) is 4.26. The van der Waals surface area contributed by atoms with Crippen LogP contribution in [0.2, 0.25) is 0 Å². The summed E-state index contributed by atoms with van der Waals surface area (Å²) in [5.41, 5.74) is 3.44. The number of thiophene rings is 1. The molecule has 1 amide bonds. The van der Waals surface area contributed by atoms with Gasteiger partial charge in [-0.3, -0.25) is 4.79 Å². The zero-order valence-electron chi connectivity index (χ0n) is 15.8. The zero-order valence-corrected chi connectivity index (χ0v) is 17.4. The van der Waals surface area contributed by atoms with Crippen LogP contribution in [0.15, 0.2) is 41.4 Å². The Morgan fingerprint density at radius 2 is 2.07 bits per heavy atom. The number of rotatable bonds is 6. The molecule has 1 N–H and O–H groups in total. The van der Waals surface area contributed by atoms with Gasteiger partial charge in [-0.1, -0.05) is 11.8 Å². The van der Waals surface area contributed by atoms with Gasteiger partial charge in [-0.2, -0.15) is 5.26 Å². The molecule has 146 valence electrons. The van der Waals surface area contributed by atoms with E-state index in [4.69, 9.17) is 4.74 Å². The van der Waals surface area contributed by atoms with Gasteiger partial charge in [0.1, 0.15) is 21.8 Å². The van der Waals surface area contributed by atoms with Gasteiger partial charge < -0.3 is 10.1 Å². The minimum Gasteiger partial charge on any atom is -0.497 e. The number of thioether (sulfide) groups is 1. The molecule has 4 rings (SSSR count). The fourth-order valence-electron chi connectivity index (χ4n) is 3.23. The average molecular weight is 423 g/mol. The first-order valence-corrected chi connectivity index (χ1v) is 10.9. The van der Waals surface area contributed by atoms with Crippen molar-refractivity contribution in [2.45, 2.75) is 24.3 Å². The van der Waals surface area contributed by atoms with Crippen molar-refractivity contribution in [3.05, 3.63) is 52.4 Å². The van der Waals surface area contributed by atoms with Crippen molar-refractivity contribution >= 4 is 34.0 Å². The molecule has 0 saturated heterocycles. The number of nitriles is 1. The van der Waals surface area contributed by atoms with E-state index in [2.05, 4.69) is 21.6 Å². The van der Waals surface area contributed by atoms with Crippen molar-refractivity contribution in [3.8, 4) is 23.1 Å². The highest BCUT2D eigenvalue weighted by Crippen LogP contribution is 2.38. The monoisotopic (exact) mass is 422 g/mol. The van der Waals surface area contributed by atoms with E-state index in [0.29, 0.717) is 15.6 Å². The van der Waals surface area contributed by atoms with Gasteiger partial charge in [0.15, 0.2) is 0 Å². The standard InChI is InChI=1S/C21H18N4O2S2/c1-27-14-7-5-13(6-8-14)17-9-10-20(25-24-17)28-12-19(26)23-21-16(11-22)15-3-2-4-18(15)29-21/h5-10H,2-4,12H2,1H3,(H,23,26). The number of fused-ring (bicyclic) bond motifs is 1. The molecule has 0 fully saturated rings. The number of hydrogen-bond donors (Lipinski definition) is 1. The summed E-state index contributed by atoms with van der Waals surface area (Å²) in [6.45, 7) is 0. The molecule has 2 heterocycles. The summed E-state index contributed by atoms with van der Waals surface area (Å²) in [4.78, 5) is 13.6. The molecule has 0 atom stereocenters. The van der Waals surface area contributed by atoms with Crippen LogP contribution < -0.4 is 10.1 Å². The van der Waals surface area contributed by atoms with Gasteiger partial charge in [0, 0.05) is 10.4 Å². The quantitative estimate of drug-likeness (QED) is 0.596. The van der Waals surface area contributed by atoms with Gasteiger partial charge in [0.2, 0.25) is 5.91 Å². The lowest BCUT2D eigenvalue weighted by Crippen LogP contribution is -2.14. The Kier molecular flexibility index (Phi) is 5.79. The normalized spacial score (nSPS) is 12.3. The number of methoxy groups -OCH3 is 1. The van der Waals surface area contributed by atoms with E-state index in [9.17, 15) is 10.1 Å². The molecule has 0 saturated carbocycles. The molecule has 0 radical (unpaired) electrons. The van der Waals surface area contributed by atoms with Crippen LogP contribution in [0.5, 0.6) is 5.75 Å². The lowest BCUT2D eigenvalue weighted by Gasteiger charge is -2.05. The van der Waals surface area contributed by atoms with Crippen molar-refractivity contribution in [1.82, 2.24) is 10.2 Å². The number of aryl methyl sites for hydroxylation is 1. The second-order valence-corrected chi connectivity index (χ2v) is 8.60. The summed E-state index contributed by atoms with van der Waals surface area (Å²) in [6, 6.07) is 13.6. The fraction of sp³-hybridized carbons (Fsp3) is 0.238. The van der Waals surface area contributed by atoms with Crippen LogP contribution in [0.3, 0.4) is 0 Å². The first kappa shape index (κ1) is 19.4. The van der Waals surface area contributed by atoms with Gasteiger partial charge in [0.25, 0.3) is 0 Å². The highest BCUT2D eigenvalue weighted by Gasteiger charge is 2.23. The molecule has 0 aliphatic heterocycles. The SMILES string of the molecule is COc1ccc(-c2ccc(SCC(=O)Nc3sc4c(c3C#N)CCC4)nn2)cc1. The summed E-state index contributed by atoms with van der Waals surface area (Å²) in [5.74, 6) is 0.854. The van der Waals surface area contributed by atoms with E-state index in [1.807, 2.05) is 36.4 Å². The molecule has 1 aliphatic rings. The minimum absolute atomic E-state index is 0.146. The molecule has 29 heavy (non-hydrogen) atoms. The van der Waals surface area contributed by atoms with Crippen LogP contribution in [0.25, 0.3) is 11.3 Å². The van der Waals surface area contributed by atoms with E-state index in [1.165, 1.54) is 28.0 Å². The molecular weight excluding hydrogens is 404 g/mol. The Labute approximate surface area is 176 Å². The van der Waals surface area contributed by atoms with E-state index in [0.717, 1.165) is 41.8 Å². The van der Waals surface area contributed by atoms with Gasteiger partial charge in [0.05, 0.1) is 24.1 Å². The summed E-state index contributed by atoms with van der Waals surface area (Å²) < 4.78 is 5.16. The summed E-state index contributed by atoms with van der Waals surface area (Å²) in [6.07, 6.45) is 3.01. The van der Waals surface area contributed by atoms with Crippen molar-refractivity contribution in [1.29, 1.82) is 5.26 Å². The number of carbonyl (C=O) groups is 1. The number of benzene rings is 1. The summed E-state index contributed by atoms with van der Waals surface area (Å²) in [5, 5.41) is 22.1. The highest BCUT2D eigenvalue weighted by molar-refractivity contribution is 7.99. The van der Waals surface area contributed by atoms with Gasteiger partial charge >= 0.3 is 0 Å². The van der Waals surface area contributed by atoms with Gasteiger partial charge in [-0.05, 0) is 61.2 Å². The molecule has 6 nitrogen and oxygen atoms in total. The maximum absolute atomic E-state index is 12.3. The Balaban J connectivity index is 1.35. The number of carbonyl (C=O) groups excluding carboxylic acids is 1. The number of ether oxygens (including phenoxy) is 1. The predicted molar refractivity (Wildman–Crippen MR) is 114 cm³/mol. The second-order valence-electron chi connectivity index (χ2n) is 6.50. The number of nitrogens with one attached hydrogen (secondary N) is 1. The molecule has 0 spiro atoms. The van der Waals surface area contributed by atoms with Crippen molar-refractivity contribution in [2.24, 2.45) is 0 Å². The third-order valence-corrected chi connectivity index (χ3v) is 6.79. The Bertz CT molecular complexity index is 1070. The maximum atomic E-state index is 12.3. The smallest absolute Gasteiger partial charge is 0.235 e. The maximum Gasteiger partial charge on any atom is 0.235 e. The second kappa shape index (κ2) is 8.64. The largest absolute Gasteiger partial charge is 0.497 e. The number of hydrogen-bond acceptors (Lipinski definition) is 7. The number of nitrogens with zero attached hydrogens (tertiary/aromatic N) is 3. The third-order valence-electron chi connectivity index (χ3n) is 4.66. The van der Waals surface area contributed by atoms with Crippen LogP contribution in [0, 0.1) is 11.3 Å². The van der Waals surface area contributed by atoms with Crippen LogP contribution >= 0.6 is 23.1 Å². The Morgan fingerprint density at radius 1 is 1.24 bits per heavy atom. The fourth-order valence-corrected chi connectivity index (χ4v) is 5.10. The van der Waals surface area contributed by atoms with E-state index in [1.54, 1.807) is 7.11 Å². The summed E-state index contributed by atoms with van der Waals surface area (Å²) in [7, 11) is 1.63. The van der Waals surface area contributed by atoms with Gasteiger partial charge in [-0.15, -0.1) is 21.5 Å². The molecule has 2 aromatic heterocycles. The Morgan fingerprint density at radius 3 is 2.76 bits per heavy atom. The van der Waals surface area contributed by atoms with Crippen LogP contribution in [-0.4, -0.2) is 29.0 Å². The van der Waals surface area contributed by atoms with Crippen molar-refractivity contribution < 1.29 is 9.53 Å². The molecule has 0 bridgehead atoms. The lowest BCUT2D eigenvalue weighted by atomic mass is 10.1. The van der Waals surface area contributed by atoms with Gasteiger partial charge in [-0.25, -0.2) is 0 Å². The number of amides is 1.